The Morgan fingerprint density at radius 3 is 1.85 bits per heavy atom. The van der Waals surface area contributed by atoms with Crippen molar-refractivity contribution in [2.75, 3.05) is 6.16 Å². The Morgan fingerprint density at radius 1 is 0.889 bits per heavy atom. The number of carbonyl (C=O) groups excluding carboxylic acids is 1. The molecule has 0 aliphatic heterocycles. The lowest BCUT2D eigenvalue weighted by atomic mass is 10.1. The Morgan fingerprint density at radius 2 is 1.41 bits per heavy atom. The van der Waals surface area contributed by atoms with Gasteiger partial charge < -0.3 is 5.48 Å². The third-order valence-corrected chi connectivity index (χ3v) is 9.59. The minimum absolute atomic E-state index is 0. The van der Waals surface area contributed by atoms with Gasteiger partial charge in [0.05, 0.1) is 19.0 Å². The van der Waals surface area contributed by atoms with Gasteiger partial charge in [0, 0.05) is 0 Å². The topological polar surface area (TPSA) is 48.6 Å². The van der Waals surface area contributed by atoms with Crippen molar-refractivity contribution in [1.29, 1.82) is 0 Å². The highest BCUT2D eigenvalue weighted by atomic mass is 79.9. The summed E-state index contributed by atoms with van der Waals surface area (Å²) in [5, 5.41) is 2.71. The van der Waals surface area contributed by atoms with Crippen LogP contribution in [0.15, 0.2) is 90.5 Å². The highest BCUT2D eigenvalue weighted by Crippen LogP contribution is 2.63. The second kappa shape index (κ2) is 12.2. The fourth-order valence-electron chi connectivity index (χ4n) is 3.62. The van der Waals surface area contributed by atoms with Gasteiger partial charge in [-0.25, -0.2) is 4.79 Å². The maximum absolute atomic E-state index is 11.7. The number of rotatable bonds is 5. The molecule has 1 aliphatic rings. The Kier molecular flexibility index (Phi) is 11.7. The van der Waals surface area contributed by atoms with Crippen molar-refractivity contribution in [3.63, 3.8) is 0 Å². The Hall–Kier alpha value is -1.28. The standard InChI is InChI=1S/C22H22OP.2BrH.H2O/c1-2-17-24(20-12-5-3-6-13-20,21-14-7-4-8-15-21)22-16-10-9-11-19(22)18-23;;;/h3-16,22H,2,17H2,1H3;2*1H;1H2/q+1;;;. The van der Waals surface area contributed by atoms with Gasteiger partial charge in [-0.3, -0.25) is 0 Å². The van der Waals surface area contributed by atoms with Gasteiger partial charge in [-0.2, -0.15) is 0 Å². The van der Waals surface area contributed by atoms with Crippen LogP contribution in [0.25, 0.3) is 0 Å². The van der Waals surface area contributed by atoms with Gasteiger partial charge in [0.2, 0.25) is 0 Å². The number of hydrogen-bond donors (Lipinski definition) is 0. The summed E-state index contributed by atoms with van der Waals surface area (Å²) in [6, 6.07) is 21.5. The van der Waals surface area contributed by atoms with E-state index in [2.05, 4.69) is 85.7 Å². The summed E-state index contributed by atoms with van der Waals surface area (Å²) in [4.78, 5) is 11.7. The Labute approximate surface area is 183 Å². The van der Waals surface area contributed by atoms with E-state index in [1.807, 2.05) is 12.2 Å². The van der Waals surface area contributed by atoms with E-state index in [1.54, 1.807) is 0 Å². The molecule has 3 rings (SSSR count). The van der Waals surface area contributed by atoms with Crippen LogP contribution in [-0.2, 0) is 4.79 Å². The lowest BCUT2D eigenvalue weighted by molar-refractivity contribution is 0.567. The summed E-state index contributed by atoms with van der Waals surface area (Å²) in [5.74, 6) is 2.21. The third-order valence-electron chi connectivity index (χ3n) is 4.60. The average Bonchev–Trinajstić information content (AvgIpc) is 2.67. The quantitative estimate of drug-likeness (QED) is 0.425. The van der Waals surface area contributed by atoms with Crippen molar-refractivity contribution in [3.05, 3.63) is 90.5 Å². The highest BCUT2D eigenvalue weighted by Gasteiger charge is 2.50. The fourth-order valence-corrected chi connectivity index (χ4v) is 8.47. The van der Waals surface area contributed by atoms with Gasteiger partial charge in [-0.1, -0.05) is 55.5 Å². The molecule has 1 unspecified atom stereocenters. The summed E-state index contributed by atoms with van der Waals surface area (Å²) in [5.41, 5.74) is 0.872. The van der Waals surface area contributed by atoms with Gasteiger partial charge in [-0.15, -0.1) is 34.0 Å². The molecule has 1 aliphatic carbocycles. The number of hydrogen-bond acceptors (Lipinski definition) is 1. The summed E-state index contributed by atoms with van der Waals surface area (Å²) < 4.78 is 0. The molecule has 2 aromatic rings. The van der Waals surface area contributed by atoms with E-state index in [1.165, 1.54) is 10.6 Å². The van der Waals surface area contributed by atoms with Crippen LogP contribution in [0.3, 0.4) is 0 Å². The zero-order valence-corrected chi connectivity index (χ0v) is 19.6. The van der Waals surface area contributed by atoms with Crippen LogP contribution < -0.4 is 10.6 Å². The fraction of sp³-hybridized carbons (Fsp3) is 0.182. The molecule has 0 radical (unpaired) electrons. The van der Waals surface area contributed by atoms with E-state index >= 15 is 0 Å². The maximum atomic E-state index is 11.7. The zero-order valence-electron chi connectivity index (χ0n) is 15.2. The van der Waals surface area contributed by atoms with Gasteiger partial charge in [-0.05, 0) is 42.8 Å². The minimum Gasteiger partial charge on any atom is -0.412 e. The van der Waals surface area contributed by atoms with Crippen LogP contribution in [0.1, 0.15) is 13.3 Å². The summed E-state index contributed by atoms with van der Waals surface area (Å²) in [6.07, 6.45) is 10.3. The van der Waals surface area contributed by atoms with Crippen molar-refractivity contribution < 1.29 is 10.3 Å². The smallest absolute Gasteiger partial charge is 0.133 e. The molecule has 0 saturated heterocycles. The molecule has 0 bridgehead atoms. The molecule has 0 spiro atoms. The van der Waals surface area contributed by atoms with Crippen LogP contribution in [0.4, 0.5) is 0 Å². The van der Waals surface area contributed by atoms with Crippen LogP contribution in [0, 0.1) is 0 Å². The van der Waals surface area contributed by atoms with Crippen molar-refractivity contribution >= 4 is 57.8 Å². The number of halogens is 2. The van der Waals surface area contributed by atoms with Gasteiger partial charge >= 0.3 is 0 Å². The molecule has 144 valence electrons. The number of benzene rings is 2. The minimum atomic E-state index is -1.79. The van der Waals surface area contributed by atoms with Gasteiger partial charge in [0.1, 0.15) is 22.2 Å². The first kappa shape index (κ1) is 25.7. The second-order valence-corrected chi connectivity index (χ2v) is 9.78. The monoisotopic (exact) mass is 511 g/mol. The first-order valence-corrected chi connectivity index (χ1v) is 10.5. The SMILES string of the molecule is Br.Br.CCC[P+](c1ccccc1)(c1ccccc1)C1C=CC=CC1=C=O.O. The summed E-state index contributed by atoms with van der Waals surface area (Å²) in [6.45, 7) is 2.23. The van der Waals surface area contributed by atoms with E-state index in [4.69, 9.17) is 0 Å². The second-order valence-electron chi connectivity index (χ2n) is 6.01. The predicted molar refractivity (Wildman–Crippen MR) is 130 cm³/mol. The molecule has 0 aromatic heterocycles. The van der Waals surface area contributed by atoms with E-state index < -0.39 is 7.26 Å². The molecular formula is C22H26Br2O2P+. The molecule has 1 atom stereocenters. The molecule has 5 heteroatoms. The van der Waals surface area contributed by atoms with Crippen molar-refractivity contribution in [2.45, 2.75) is 19.0 Å². The molecule has 2 N–H and O–H groups in total. The molecule has 2 nitrogen and oxygen atoms in total. The zero-order chi connectivity index (χ0) is 16.8. The van der Waals surface area contributed by atoms with E-state index in [0.29, 0.717) is 0 Å². The van der Waals surface area contributed by atoms with Gasteiger partial charge in [0.15, 0.2) is 0 Å². The Bertz CT molecular complexity index is 758. The van der Waals surface area contributed by atoms with E-state index in [-0.39, 0.29) is 45.1 Å². The molecule has 27 heavy (non-hydrogen) atoms. The largest absolute Gasteiger partial charge is 0.412 e. The van der Waals surface area contributed by atoms with Crippen molar-refractivity contribution in [2.24, 2.45) is 0 Å². The van der Waals surface area contributed by atoms with E-state index in [0.717, 1.165) is 18.2 Å². The lowest BCUT2D eigenvalue weighted by Gasteiger charge is -2.33. The Balaban J connectivity index is 0.00000225. The first-order chi connectivity index (χ1) is 11.8. The average molecular weight is 513 g/mol. The molecule has 0 heterocycles. The van der Waals surface area contributed by atoms with Crippen LogP contribution >= 0.6 is 41.2 Å². The molecular weight excluding hydrogens is 487 g/mol. The van der Waals surface area contributed by atoms with Crippen LogP contribution in [0.5, 0.6) is 0 Å². The highest BCUT2D eigenvalue weighted by molar-refractivity contribution is 8.93. The third kappa shape index (κ3) is 5.16. The first-order valence-electron chi connectivity index (χ1n) is 8.41. The molecule has 0 saturated carbocycles. The maximum Gasteiger partial charge on any atom is 0.133 e. The normalized spacial score (nSPS) is 15.0. The molecule has 2 aromatic carbocycles. The van der Waals surface area contributed by atoms with Crippen molar-refractivity contribution in [1.82, 2.24) is 0 Å². The molecule has 0 amide bonds. The van der Waals surface area contributed by atoms with Crippen molar-refractivity contribution in [3.8, 4) is 0 Å². The predicted octanol–water partition coefficient (Wildman–Crippen LogP) is 4.65. The lowest BCUT2D eigenvalue weighted by Crippen LogP contribution is -2.34. The number of allylic oxidation sites excluding steroid dienone is 5. The van der Waals surface area contributed by atoms with Crippen LogP contribution in [0.2, 0.25) is 0 Å². The van der Waals surface area contributed by atoms with Crippen LogP contribution in [-0.4, -0.2) is 23.2 Å². The molecule has 0 fully saturated rings. The van der Waals surface area contributed by atoms with Gasteiger partial charge in [0.25, 0.3) is 0 Å². The summed E-state index contributed by atoms with van der Waals surface area (Å²) >= 11 is 0. The van der Waals surface area contributed by atoms with E-state index in [9.17, 15) is 4.79 Å². The summed E-state index contributed by atoms with van der Waals surface area (Å²) in [7, 11) is -1.79.